The number of hydrogen-bond acceptors (Lipinski definition) is 5. The van der Waals surface area contributed by atoms with Crippen LogP contribution in [-0.2, 0) is 14.4 Å². The number of amides is 2. The van der Waals surface area contributed by atoms with Crippen molar-refractivity contribution in [3.63, 3.8) is 0 Å². The van der Waals surface area contributed by atoms with Gasteiger partial charge >= 0.3 is 11.8 Å². The van der Waals surface area contributed by atoms with Gasteiger partial charge in [-0.15, -0.1) is 0 Å². The summed E-state index contributed by atoms with van der Waals surface area (Å²) in [7, 11) is 0. The van der Waals surface area contributed by atoms with Gasteiger partial charge in [0.05, 0.1) is 30.5 Å². The fourth-order valence-corrected chi connectivity index (χ4v) is 2.20. The molecule has 27 heavy (non-hydrogen) atoms. The number of carbonyl (C=O) groups excluding carboxylic acids is 2. The van der Waals surface area contributed by atoms with E-state index in [-0.39, 0.29) is 12.0 Å². The number of aromatic nitrogens is 2. The van der Waals surface area contributed by atoms with E-state index in [1.807, 2.05) is 35.8 Å². The van der Waals surface area contributed by atoms with E-state index in [0.29, 0.717) is 12.5 Å². The number of carbonyl (C=O) groups is 2. The number of hydroxylamine groups is 1. The molecule has 0 aliphatic rings. The first-order valence-electron chi connectivity index (χ1n) is 8.94. The average molecular weight is 372 g/mol. The van der Waals surface area contributed by atoms with Gasteiger partial charge in [-0.1, -0.05) is 38.0 Å². The zero-order chi connectivity index (χ0) is 19.5. The summed E-state index contributed by atoms with van der Waals surface area (Å²) in [6.07, 6.45) is 4.44. The van der Waals surface area contributed by atoms with Gasteiger partial charge in [-0.2, -0.15) is 5.10 Å². The SMILES string of the molecule is CCCCCOc1cc(=NC(=O)C(=O)NOCC)cnn1-c1ccccc1. The second-order valence-electron chi connectivity index (χ2n) is 5.64. The van der Waals surface area contributed by atoms with Crippen molar-refractivity contribution in [3.8, 4) is 11.6 Å². The van der Waals surface area contributed by atoms with E-state index in [1.54, 1.807) is 17.7 Å². The minimum atomic E-state index is -0.973. The summed E-state index contributed by atoms with van der Waals surface area (Å²) in [5, 5.41) is 4.53. The molecule has 0 fully saturated rings. The summed E-state index contributed by atoms with van der Waals surface area (Å²) >= 11 is 0. The van der Waals surface area contributed by atoms with Crippen LogP contribution in [0, 0.1) is 0 Å². The first-order valence-corrected chi connectivity index (χ1v) is 8.94. The third-order valence-corrected chi connectivity index (χ3v) is 3.52. The molecule has 0 radical (unpaired) electrons. The average Bonchev–Trinajstić information content (AvgIpc) is 2.70. The second-order valence-corrected chi connectivity index (χ2v) is 5.64. The van der Waals surface area contributed by atoms with Crippen molar-refractivity contribution in [1.82, 2.24) is 15.3 Å². The van der Waals surface area contributed by atoms with Crippen LogP contribution in [-0.4, -0.2) is 34.8 Å². The number of para-hydroxylation sites is 1. The van der Waals surface area contributed by atoms with Crippen molar-refractivity contribution in [3.05, 3.63) is 48.0 Å². The summed E-state index contributed by atoms with van der Waals surface area (Å²) in [5.74, 6) is -1.47. The molecule has 0 saturated heterocycles. The Bertz CT molecular complexity index is 818. The standard InChI is InChI=1S/C19H24N4O4/c1-3-5-9-12-26-17-13-15(21-18(24)19(25)22-27-4-2)14-20-23(17)16-10-7-6-8-11-16/h6-8,10-11,13-14H,3-5,9,12H2,1-2H3,(H,22,25). The normalized spacial score (nSPS) is 11.3. The Morgan fingerprint density at radius 1 is 1.19 bits per heavy atom. The summed E-state index contributed by atoms with van der Waals surface area (Å²) in [5.41, 5.74) is 2.83. The molecule has 144 valence electrons. The number of hydrogen-bond donors (Lipinski definition) is 1. The number of ether oxygens (including phenoxy) is 1. The van der Waals surface area contributed by atoms with Gasteiger partial charge in [-0.3, -0.25) is 14.4 Å². The van der Waals surface area contributed by atoms with Crippen LogP contribution in [0.25, 0.3) is 5.69 Å². The van der Waals surface area contributed by atoms with Crippen LogP contribution in [0.2, 0.25) is 0 Å². The van der Waals surface area contributed by atoms with Crippen molar-refractivity contribution in [2.45, 2.75) is 33.1 Å². The molecule has 1 heterocycles. The summed E-state index contributed by atoms with van der Waals surface area (Å²) in [6, 6.07) is 11.1. The predicted octanol–water partition coefficient (Wildman–Crippen LogP) is 1.94. The van der Waals surface area contributed by atoms with Gasteiger partial charge in [0, 0.05) is 6.07 Å². The zero-order valence-corrected chi connectivity index (χ0v) is 15.6. The minimum Gasteiger partial charge on any atom is -0.478 e. The first-order chi connectivity index (χ1) is 13.2. The van der Waals surface area contributed by atoms with E-state index in [0.717, 1.165) is 24.9 Å². The van der Waals surface area contributed by atoms with E-state index in [1.165, 1.54) is 6.20 Å². The van der Waals surface area contributed by atoms with Gasteiger partial charge in [0.1, 0.15) is 0 Å². The van der Waals surface area contributed by atoms with Crippen molar-refractivity contribution in [2.24, 2.45) is 4.99 Å². The van der Waals surface area contributed by atoms with Crippen molar-refractivity contribution in [2.75, 3.05) is 13.2 Å². The van der Waals surface area contributed by atoms with Crippen molar-refractivity contribution < 1.29 is 19.2 Å². The molecular formula is C19H24N4O4. The molecule has 0 aliphatic heterocycles. The quantitative estimate of drug-likeness (QED) is 0.434. The molecule has 0 spiro atoms. The fraction of sp³-hybridized carbons (Fsp3) is 0.368. The Morgan fingerprint density at radius 2 is 1.96 bits per heavy atom. The van der Waals surface area contributed by atoms with Gasteiger partial charge in [0.25, 0.3) is 0 Å². The molecule has 2 rings (SSSR count). The Morgan fingerprint density at radius 3 is 2.67 bits per heavy atom. The van der Waals surface area contributed by atoms with Gasteiger partial charge in [-0.05, 0) is 25.5 Å². The van der Waals surface area contributed by atoms with E-state index < -0.39 is 11.8 Å². The summed E-state index contributed by atoms with van der Waals surface area (Å²) in [4.78, 5) is 31.9. The van der Waals surface area contributed by atoms with Gasteiger partial charge in [0.2, 0.25) is 5.88 Å². The predicted molar refractivity (Wildman–Crippen MR) is 98.9 cm³/mol. The monoisotopic (exact) mass is 372 g/mol. The zero-order valence-electron chi connectivity index (χ0n) is 15.6. The second kappa shape index (κ2) is 10.9. The van der Waals surface area contributed by atoms with Crippen LogP contribution in [0.5, 0.6) is 5.88 Å². The number of unbranched alkanes of at least 4 members (excludes halogenated alkanes) is 2. The Labute approximate surface area is 157 Å². The first kappa shape index (κ1) is 20.3. The smallest absolute Gasteiger partial charge is 0.337 e. The lowest BCUT2D eigenvalue weighted by Gasteiger charge is -2.13. The van der Waals surface area contributed by atoms with Crippen molar-refractivity contribution in [1.29, 1.82) is 0 Å². The van der Waals surface area contributed by atoms with Crippen LogP contribution in [0.4, 0.5) is 0 Å². The maximum atomic E-state index is 11.8. The van der Waals surface area contributed by atoms with Crippen LogP contribution in [0.15, 0.2) is 47.6 Å². The molecule has 1 aromatic heterocycles. The molecule has 2 aromatic rings. The summed E-state index contributed by atoms with van der Waals surface area (Å²) < 4.78 is 7.47. The van der Waals surface area contributed by atoms with E-state index in [9.17, 15) is 9.59 Å². The Kier molecular flexibility index (Phi) is 8.18. The fourth-order valence-electron chi connectivity index (χ4n) is 2.20. The lowest BCUT2D eigenvalue weighted by atomic mass is 10.3. The van der Waals surface area contributed by atoms with E-state index in [2.05, 4.69) is 17.0 Å². The molecular weight excluding hydrogens is 348 g/mol. The van der Waals surface area contributed by atoms with Gasteiger partial charge in [-0.25, -0.2) is 15.2 Å². The molecule has 0 unspecified atom stereocenters. The highest BCUT2D eigenvalue weighted by atomic mass is 16.6. The van der Waals surface area contributed by atoms with Crippen LogP contribution < -0.4 is 15.6 Å². The van der Waals surface area contributed by atoms with Crippen molar-refractivity contribution >= 4 is 11.8 Å². The molecule has 1 aromatic carbocycles. The lowest BCUT2D eigenvalue weighted by molar-refractivity contribution is -0.145. The number of nitrogens with zero attached hydrogens (tertiary/aromatic N) is 3. The van der Waals surface area contributed by atoms with Gasteiger partial charge < -0.3 is 4.74 Å². The molecule has 8 heteroatoms. The number of nitrogens with one attached hydrogen (secondary N) is 1. The molecule has 0 aliphatic carbocycles. The van der Waals surface area contributed by atoms with Crippen LogP contribution >= 0.6 is 0 Å². The molecule has 1 N–H and O–H groups in total. The molecule has 0 bridgehead atoms. The molecule has 0 atom stereocenters. The summed E-state index contributed by atoms with van der Waals surface area (Å²) in [6.45, 7) is 4.57. The number of rotatable bonds is 8. The number of benzene rings is 1. The molecule has 2 amide bonds. The maximum Gasteiger partial charge on any atom is 0.337 e. The van der Waals surface area contributed by atoms with E-state index in [4.69, 9.17) is 9.57 Å². The largest absolute Gasteiger partial charge is 0.478 e. The molecule has 0 saturated carbocycles. The topological polar surface area (TPSA) is 94.8 Å². The minimum absolute atomic E-state index is 0.226. The Hall–Kier alpha value is -3.00. The van der Waals surface area contributed by atoms with E-state index >= 15 is 0 Å². The molecule has 8 nitrogen and oxygen atoms in total. The van der Waals surface area contributed by atoms with Gasteiger partial charge in [0.15, 0.2) is 0 Å². The van der Waals surface area contributed by atoms with Crippen LogP contribution in [0.3, 0.4) is 0 Å². The van der Waals surface area contributed by atoms with Crippen LogP contribution in [0.1, 0.15) is 33.1 Å². The highest BCUT2D eigenvalue weighted by molar-refractivity contribution is 6.35. The third-order valence-electron chi connectivity index (χ3n) is 3.52. The third kappa shape index (κ3) is 6.34. The highest BCUT2D eigenvalue weighted by Gasteiger charge is 2.12. The highest BCUT2D eigenvalue weighted by Crippen LogP contribution is 2.14. The maximum absolute atomic E-state index is 11.8. The Balaban J connectivity index is 2.28. The lowest BCUT2D eigenvalue weighted by Crippen LogP contribution is -2.31.